The average Bonchev–Trinajstić information content (AvgIpc) is 3.51. The molecular formula is C36H26N4. The van der Waals surface area contributed by atoms with Gasteiger partial charge in [0, 0.05) is 21.5 Å². The Kier molecular flexibility index (Phi) is 5.36. The van der Waals surface area contributed by atoms with Crippen LogP contribution in [0.1, 0.15) is 22.3 Å². The highest BCUT2D eigenvalue weighted by atomic mass is 15.2. The number of hydrogen-bond donors (Lipinski definition) is 0. The predicted octanol–water partition coefficient (Wildman–Crippen LogP) is 9.24. The highest BCUT2D eigenvalue weighted by Crippen LogP contribution is 2.35. The predicted molar refractivity (Wildman–Crippen MR) is 171 cm³/mol. The zero-order valence-electron chi connectivity index (χ0n) is 22.0. The highest BCUT2D eigenvalue weighted by Gasteiger charge is 2.17. The van der Waals surface area contributed by atoms with Crippen LogP contribution in [-0.2, 0) is 0 Å². The largest absolute Gasteiger partial charge is 0.292 e. The van der Waals surface area contributed by atoms with Gasteiger partial charge < -0.3 is 0 Å². The summed E-state index contributed by atoms with van der Waals surface area (Å²) < 4.78 is 4.33. The lowest BCUT2D eigenvalue weighted by molar-refractivity contribution is 0.909. The molecule has 0 spiro atoms. The first-order chi connectivity index (χ1) is 19.6. The van der Waals surface area contributed by atoms with Crippen molar-refractivity contribution in [1.82, 2.24) is 19.3 Å². The maximum absolute atomic E-state index is 4.76. The van der Waals surface area contributed by atoms with Crippen LogP contribution in [0, 0.1) is 0 Å². The fourth-order valence-electron chi connectivity index (χ4n) is 5.68. The highest BCUT2D eigenvalue weighted by molar-refractivity contribution is 6.11. The molecule has 0 aliphatic rings. The summed E-state index contributed by atoms with van der Waals surface area (Å²) in [5.74, 6) is 1.51. The van der Waals surface area contributed by atoms with Crippen LogP contribution in [0.4, 0.5) is 0 Å². The van der Waals surface area contributed by atoms with Gasteiger partial charge in [-0.25, -0.2) is 0 Å². The first-order valence-electron chi connectivity index (χ1n) is 13.1. The van der Waals surface area contributed by atoms with E-state index in [2.05, 4.69) is 108 Å². The fraction of sp³-hybridized carbons (Fsp3) is 0. The summed E-state index contributed by atoms with van der Waals surface area (Å²) in [6.45, 7) is 15.8. The third kappa shape index (κ3) is 3.47. The SMILES string of the molecule is C=Cc1ccc2c(c1)c1cc(C=C)ccc1n2-c1ccc(-n2c3ccc(C=C)cc3c3cc(C=C)ccc32)nn1. The molecule has 3 aromatic heterocycles. The Bertz CT molecular complexity index is 1880. The first-order valence-corrected chi connectivity index (χ1v) is 13.1. The van der Waals surface area contributed by atoms with E-state index >= 15 is 0 Å². The topological polar surface area (TPSA) is 35.6 Å². The molecule has 0 fully saturated rings. The van der Waals surface area contributed by atoms with E-state index in [-0.39, 0.29) is 0 Å². The Balaban J connectivity index is 1.45. The zero-order valence-corrected chi connectivity index (χ0v) is 22.0. The Morgan fingerprint density at radius 2 is 0.675 bits per heavy atom. The van der Waals surface area contributed by atoms with Gasteiger partial charge in [-0.2, -0.15) is 0 Å². The number of benzene rings is 4. The maximum atomic E-state index is 4.76. The molecule has 7 aromatic rings. The number of aromatic nitrogens is 4. The van der Waals surface area contributed by atoms with Gasteiger partial charge in [0.1, 0.15) is 0 Å². The summed E-state index contributed by atoms with van der Waals surface area (Å²) in [7, 11) is 0. The minimum Gasteiger partial charge on any atom is -0.292 e. The minimum atomic E-state index is 0.755. The van der Waals surface area contributed by atoms with E-state index in [1.807, 2.05) is 36.4 Å². The number of nitrogens with zero attached hydrogens (tertiary/aromatic N) is 4. The monoisotopic (exact) mass is 514 g/mol. The summed E-state index contributed by atoms with van der Waals surface area (Å²) in [6.07, 6.45) is 7.49. The molecule has 0 bridgehead atoms. The normalized spacial score (nSPS) is 11.4. The average molecular weight is 515 g/mol. The molecule has 0 radical (unpaired) electrons. The summed E-state index contributed by atoms with van der Waals surface area (Å²) in [6, 6.07) is 29.6. The molecule has 40 heavy (non-hydrogen) atoms. The van der Waals surface area contributed by atoms with Crippen molar-refractivity contribution in [2.45, 2.75) is 0 Å². The molecule has 4 nitrogen and oxygen atoms in total. The molecule has 0 unspecified atom stereocenters. The molecule has 0 saturated carbocycles. The van der Waals surface area contributed by atoms with Crippen molar-refractivity contribution in [3.8, 4) is 11.6 Å². The number of hydrogen-bond acceptors (Lipinski definition) is 2. The van der Waals surface area contributed by atoms with Crippen molar-refractivity contribution < 1.29 is 0 Å². The fourth-order valence-corrected chi connectivity index (χ4v) is 5.68. The van der Waals surface area contributed by atoms with Crippen LogP contribution in [0.15, 0.2) is 111 Å². The van der Waals surface area contributed by atoms with Gasteiger partial charge in [-0.15, -0.1) is 10.2 Å². The molecule has 0 amide bonds. The van der Waals surface area contributed by atoms with Crippen LogP contribution >= 0.6 is 0 Å². The standard InChI is InChI=1S/C36H26N4/c1-5-23-9-13-31-27(19-23)28-20-24(6-2)10-14-32(28)39(31)35-17-18-36(38-37-35)40-33-15-11-25(7-3)21-29(33)30-22-26(8-4)12-16-34(30)40/h5-22H,1-4H2. The van der Waals surface area contributed by atoms with Crippen LogP contribution < -0.4 is 0 Å². The molecule has 0 aliphatic heterocycles. The van der Waals surface area contributed by atoms with E-state index in [9.17, 15) is 0 Å². The summed E-state index contributed by atoms with van der Waals surface area (Å²) >= 11 is 0. The van der Waals surface area contributed by atoms with Crippen molar-refractivity contribution in [2.24, 2.45) is 0 Å². The molecule has 0 N–H and O–H groups in total. The Hall–Kier alpha value is -5.48. The van der Waals surface area contributed by atoms with Gasteiger partial charge in [0.2, 0.25) is 0 Å². The summed E-state index contributed by atoms with van der Waals surface area (Å²) in [5, 5.41) is 14.1. The van der Waals surface area contributed by atoms with Crippen LogP contribution in [0.25, 0.3) is 79.6 Å². The van der Waals surface area contributed by atoms with E-state index in [1.54, 1.807) is 0 Å². The zero-order chi connectivity index (χ0) is 27.4. The third-order valence-electron chi connectivity index (χ3n) is 7.66. The van der Waals surface area contributed by atoms with Gasteiger partial charge in [0.25, 0.3) is 0 Å². The molecular weight excluding hydrogens is 488 g/mol. The van der Waals surface area contributed by atoms with E-state index in [4.69, 9.17) is 10.2 Å². The quantitative estimate of drug-likeness (QED) is 0.222. The second-order valence-corrected chi connectivity index (χ2v) is 9.84. The third-order valence-corrected chi connectivity index (χ3v) is 7.66. The molecule has 190 valence electrons. The van der Waals surface area contributed by atoms with Gasteiger partial charge in [-0.05, 0) is 82.9 Å². The molecule has 0 atom stereocenters. The lowest BCUT2D eigenvalue weighted by Crippen LogP contribution is -2.03. The van der Waals surface area contributed by atoms with Crippen molar-refractivity contribution >= 4 is 67.9 Å². The van der Waals surface area contributed by atoms with Crippen LogP contribution in [0.3, 0.4) is 0 Å². The molecule has 3 heterocycles. The van der Waals surface area contributed by atoms with Crippen molar-refractivity contribution in [3.63, 3.8) is 0 Å². The minimum absolute atomic E-state index is 0.755. The Morgan fingerprint density at radius 1 is 0.400 bits per heavy atom. The summed E-state index contributed by atoms with van der Waals surface area (Å²) in [5.41, 5.74) is 8.55. The second-order valence-electron chi connectivity index (χ2n) is 9.84. The number of fused-ring (bicyclic) bond motifs is 6. The van der Waals surface area contributed by atoms with Crippen LogP contribution in [0.5, 0.6) is 0 Å². The Morgan fingerprint density at radius 3 is 0.900 bits per heavy atom. The van der Waals surface area contributed by atoms with Gasteiger partial charge >= 0.3 is 0 Å². The molecule has 4 heteroatoms. The lowest BCUT2D eigenvalue weighted by Gasteiger charge is -2.10. The van der Waals surface area contributed by atoms with Crippen LogP contribution in [0.2, 0.25) is 0 Å². The van der Waals surface area contributed by atoms with E-state index < -0.39 is 0 Å². The van der Waals surface area contributed by atoms with Crippen molar-refractivity contribution in [1.29, 1.82) is 0 Å². The molecule has 4 aromatic carbocycles. The second kappa shape index (κ2) is 9.07. The van der Waals surface area contributed by atoms with Gasteiger partial charge in [0.15, 0.2) is 11.6 Å². The van der Waals surface area contributed by atoms with Gasteiger partial charge in [-0.1, -0.05) is 74.9 Å². The van der Waals surface area contributed by atoms with Crippen molar-refractivity contribution in [2.75, 3.05) is 0 Å². The summed E-state index contributed by atoms with van der Waals surface area (Å²) in [4.78, 5) is 0. The van der Waals surface area contributed by atoms with Gasteiger partial charge in [0.05, 0.1) is 22.1 Å². The molecule has 0 saturated heterocycles. The smallest absolute Gasteiger partial charge is 0.160 e. The van der Waals surface area contributed by atoms with E-state index in [0.717, 1.165) is 77.5 Å². The lowest BCUT2D eigenvalue weighted by atomic mass is 10.1. The van der Waals surface area contributed by atoms with Gasteiger partial charge in [-0.3, -0.25) is 9.13 Å². The molecule has 7 rings (SSSR count). The van der Waals surface area contributed by atoms with Crippen LogP contribution in [-0.4, -0.2) is 19.3 Å². The van der Waals surface area contributed by atoms with E-state index in [1.165, 1.54) is 0 Å². The Labute approximate surface area is 232 Å². The molecule has 0 aliphatic carbocycles. The number of rotatable bonds is 6. The first kappa shape index (κ1) is 23.6. The van der Waals surface area contributed by atoms with Crippen molar-refractivity contribution in [3.05, 3.63) is 133 Å². The maximum Gasteiger partial charge on any atom is 0.160 e. The van der Waals surface area contributed by atoms with E-state index in [0.29, 0.717) is 0 Å².